The van der Waals surface area contributed by atoms with E-state index in [1.54, 1.807) is 6.20 Å². The Balaban J connectivity index is 0.000000217. The monoisotopic (exact) mass is 255 g/mol. The SMILES string of the molecule is Brc1ccccn1.O=S(=O)(O)O. The van der Waals surface area contributed by atoms with Gasteiger partial charge in [-0.3, -0.25) is 9.11 Å². The van der Waals surface area contributed by atoms with E-state index in [4.69, 9.17) is 17.5 Å². The minimum absolute atomic E-state index is 0.884. The summed E-state index contributed by atoms with van der Waals surface area (Å²) in [6.07, 6.45) is 1.74. The van der Waals surface area contributed by atoms with Gasteiger partial charge in [0.1, 0.15) is 4.60 Å². The standard InChI is InChI=1S/C5H4BrN.H2O4S/c6-5-3-1-2-4-7-5;1-5(2,3)4/h1-4H;(H2,1,2,3,4). The second kappa shape index (κ2) is 5.20. The van der Waals surface area contributed by atoms with Gasteiger partial charge in [0.2, 0.25) is 0 Å². The lowest BCUT2D eigenvalue weighted by Gasteiger charge is -1.80. The maximum atomic E-state index is 8.74. The van der Waals surface area contributed by atoms with Crippen LogP contribution in [-0.4, -0.2) is 22.5 Å². The van der Waals surface area contributed by atoms with Crippen molar-refractivity contribution in [1.82, 2.24) is 4.98 Å². The zero-order valence-corrected chi connectivity index (χ0v) is 8.16. The third-order valence-electron chi connectivity index (χ3n) is 0.629. The molecule has 1 aromatic rings. The molecule has 1 rings (SSSR count). The van der Waals surface area contributed by atoms with Crippen LogP contribution in [0.4, 0.5) is 0 Å². The van der Waals surface area contributed by atoms with E-state index in [9.17, 15) is 0 Å². The van der Waals surface area contributed by atoms with Crippen molar-refractivity contribution in [3.8, 4) is 0 Å². The Bertz CT molecular complexity index is 303. The molecule has 1 aromatic heterocycles. The maximum absolute atomic E-state index is 8.74. The lowest BCUT2D eigenvalue weighted by atomic mass is 10.5. The number of nitrogens with zero attached hydrogens (tertiary/aromatic N) is 1. The number of halogens is 1. The minimum Gasteiger partial charge on any atom is -0.264 e. The summed E-state index contributed by atoms with van der Waals surface area (Å²) in [5.41, 5.74) is 0. The molecule has 0 saturated carbocycles. The summed E-state index contributed by atoms with van der Waals surface area (Å²) in [5, 5.41) is 0. The van der Waals surface area contributed by atoms with E-state index in [-0.39, 0.29) is 0 Å². The van der Waals surface area contributed by atoms with Crippen molar-refractivity contribution in [2.75, 3.05) is 0 Å². The van der Waals surface area contributed by atoms with Gasteiger partial charge in [0, 0.05) is 6.20 Å². The van der Waals surface area contributed by atoms with Crippen LogP contribution in [0, 0.1) is 0 Å². The summed E-state index contributed by atoms with van der Waals surface area (Å²) in [6, 6.07) is 5.70. The van der Waals surface area contributed by atoms with Gasteiger partial charge in [0.15, 0.2) is 0 Å². The molecule has 0 aliphatic carbocycles. The Morgan fingerprint density at radius 2 is 1.83 bits per heavy atom. The molecule has 0 aliphatic rings. The molecule has 0 bridgehead atoms. The van der Waals surface area contributed by atoms with Crippen LogP contribution in [0.2, 0.25) is 0 Å². The second-order valence-electron chi connectivity index (χ2n) is 1.60. The zero-order chi connectivity index (χ0) is 9.61. The fourth-order valence-corrected chi connectivity index (χ4v) is 0.613. The summed E-state index contributed by atoms with van der Waals surface area (Å²) in [4.78, 5) is 3.90. The second-order valence-corrected chi connectivity index (χ2v) is 3.31. The molecular weight excluding hydrogens is 250 g/mol. The summed E-state index contributed by atoms with van der Waals surface area (Å²) in [6.45, 7) is 0. The quantitative estimate of drug-likeness (QED) is 0.537. The summed E-state index contributed by atoms with van der Waals surface area (Å²) in [5.74, 6) is 0. The number of hydrogen-bond donors (Lipinski definition) is 2. The molecule has 0 atom stereocenters. The van der Waals surface area contributed by atoms with Crippen LogP contribution < -0.4 is 0 Å². The Morgan fingerprint density at radius 3 is 2.00 bits per heavy atom. The topological polar surface area (TPSA) is 87.5 Å². The van der Waals surface area contributed by atoms with Crippen LogP contribution in [0.5, 0.6) is 0 Å². The van der Waals surface area contributed by atoms with Crippen LogP contribution in [0.3, 0.4) is 0 Å². The van der Waals surface area contributed by atoms with Crippen LogP contribution in [0.15, 0.2) is 29.0 Å². The lowest BCUT2D eigenvalue weighted by Crippen LogP contribution is -1.89. The van der Waals surface area contributed by atoms with Crippen LogP contribution >= 0.6 is 15.9 Å². The van der Waals surface area contributed by atoms with E-state index in [2.05, 4.69) is 20.9 Å². The van der Waals surface area contributed by atoms with E-state index in [1.807, 2.05) is 18.2 Å². The average molecular weight is 256 g/mol. The highest BCUT2D eigenvalue weighted by molar-refractivity contribution is 9.10. The molecule has 0 spiro atoms. The fourth-order valence-electron chi connectivity index (χ4n) is 0.342. The van der Waals surface area contributed by atoms with Crippen LogP contribution in [0.1, 0.15) is 0 Å². The molecule has 1 heterocycles. The van der Waals surface area contributed by atoms with Gasteiger partial charge in [-0.2, -0.15) is 8.42 Å². The third-order valence-corrected chi connectivity index (χ3v) is 1.10. The molecule has 0 amide bonds. The molecule has 0 saturated heterocycles. The molecular formula is C5H6BrNO4S. The minimum atomic E-state index is -4.67. The number of rotatable bonds is 0. The average Bonchev–Trinajstić information content (AvgIpc) is 1.85. The normalized spacial score (nSPS) is 9.92. The molecule has 7 heteroatoms. The molecule has 0 aromatic carbocycles. The Hall–Kier alpha value is -0.500. The molecule has 0 fully saturated rings. The predicted molar refractivity (Wildman–Crippen MR) is 46.1 cm³/mol. The molecule has 0 aliphatic heterocycles. The highest BCUT2D eigenvalue weighted by Gasteiger charge is 1.84. The van der Waals surface area contributed by atoms with E-state index in [1.165, 1.54) is 0 Å². The summed E-state index contributed by atoms with van der Waals surface area (Å²) >= 11 is 3.20. The van der Waals surface area contributed by atoms with Gasteiger partial charge in [-0.15, -0.1) is 0 Å². The van der Waals surface area contributed by atoms with Crippen molar-refractivity contribution in [2.45, 2.75) is 0 Å². The molecule has 0 unspecified atom stereocenters. The van der Waals surface area contributed by atoms with E-state index in [0.717, 1.165) is 4.60 Å². The van der Waals surface area contributed by atoms with E-state index >= 15 is 0 Å². The molecule has 12 heavy (non-hydrogen) atoms. The van der Waals surface area contributed by atoms with Crippen molar-refractivity contribution in [3.05, 3.63) is 29.0 Å². The third kappa shape index (κ3) is 12.2. The van der Waals surface area contributed by atoms with Crippen molar-refractivity contribution < 1.29 is 17.5 Å². The van der Waals surface area contributed by atoms with E-state index in [0.29, 0.717) is 0 Å². The fraction of sp³-hybridized carbons (Fsp3) is 0. The largest absolute Gasteiger partial charge is 0.394 e. The van der Waals surface area contributed by atoms with Crippen molar-refractivity contribution in [2.24, 2.45) is 0 Å². The lowest BCUT2D eigenvalue weighted by molar-refractivity contribution is 0.381. The van der Waals surface area contributed by atoms with Gasteiger partial charge < -0.3 is 0 Å². The first kappa shape index (κ1) is 11.5. The molecule has 68 valence electrons. The Labute approximate surface area is 78.2 Å². The molecule has 5 nitrogen and oxygen atoms in total. The molecule has 2 N–H and O–H groups in total. The van der Waals surface area contributed by atoms with Crippen molar-refractivity contribution in [3.63, 3.8) is 0 Å². The summed E-state index contributed by atoms with van der Waals surface area (Å²) < 4.78 is 32.5. The Morgan fingerprint density at radius 1 is 1.33 bits per heavy atom. The first-order valence-electron chi connectivity index (χ1n) is 2.66. The van der Waals surface area contributed by atoms with Gasteiger partial charge in [0.05, 0.1) is 0 Å². The van der Waals surface area contributed by atoms with Gasteiger partial charge in [-0.05, 0) is 28.1 Å². The van der Waals surface area contributed by atoms with Gasteiger partial charge >= 0.3 is 10.4 Å². The van der Waals surface area contributed by atoms with E-state index < -0.39 is 10.4 Å². The first-order valence-corrected chi connectivity index (χ1v) is 4.85. The first-order chi connectivity index (χ1) is 5.39. The molecule has 0 radical (unpaired) electrons. The highest BCUT2D eigenvalue weighted by atomic mass is 79.9. The Kier molecular flexibility index (Phi) is 4.98. The maximum Gasteiger partial charge on any atom is 0.394 e. The number of pyridine rings is 1. The summed E-state index contributed by atoms with van der Waals surface area (Å²) in [7, 11) is -4.67. The highest BCUT2D eigenvalue weighted by Crippen LogP contribution is 2.00. The van der Waals surface area contributed by atoms with Crippen LogP contribution in [0.25, 0.3) is 0 Å². The number of aromatic nitrogens is 1. The number of hydrogen-bond acceptors (Lipinski definition) is 3. The van der Waals surface area contributed by atoms with Crippen molar-refractivity contribution in [1.29, 1.82) is 0 Å². The van der Waals surface area contributed by atoms with Gasteiger partial charge in [0.25, 0.3) is 0 Å². The smallest absolute Gasteiger partial charge is 0.264 e. The van der Waals surface area contributed by atoms with Crippen LogP contribution in [-0.2, 0) is 10.4 Å². The van der Waals surface area contributed by atoms with Gasteiger partial charge in [-0.1, -0.05) is 6.07 Å². The zero-order valence-electron chi connectivity index (χ0n) is 5.75. The van der Waals surface area contributed by atoms with Crippen molar-refractivity contribution >= 4 is 26.3 Å². The van der Waals surface area contributed by atoms with Gasteiger partial charge in [-0.25, -0.2) is 4.98 Å². The predicted octanol–water partition coefficient (Wildman–Crippen LogP) is 1.19.